The van der Waals surface area contributed by atoms with Gasteiger partial charge in [-0.15, -0.1) is 0 Å². The van der Waals surface area contributed by atoms with Gasteiger partial charge in [0.2, 0.25) is 0 Å². The van der Waals surface area contributed by atoms with Gasteiger partial charge >= 0.3 is 0 Å². The Morgan fingerprint density at radius 3 is 2.67 bits per heavy atom. The molecule has 4 heteroatoms. The van der Waals surface area contributed by atoms with Gasteiger partial charge in [-0.1, -0.05) is 0 Å². The molecule has 0 radical (unpaired) electrons. The lowest BCUT2D eigenvalue weighted by Crippen LogP contribution is -2.14. The summed E-state index contributed by atoms with van der Waals surface area (Å²) < 4.78 is 0. The van der Waals surface area contributed by atoms with Crippen molar-refractivity contribution in [2.45, 2.75) is 6.92 Å². The third-order valence-electron chi connectivity index (χ3n) is 1.47. The molecule has 1 aromatic heterocycles. The highest BCUT2D eigenvalue weighted by atomic mass is 16.1. The van der Waals surface area contributed by atoms with E-state index in [-0.39, 0.29) is 0 Å². The van der Waals surface area contributed by atoms with E-state index in [2.05, 4.69) is 9.97 Å². The molecule has 0 N–H and O–H groups in total. The van der Waals surface area contributed by atoms with Crippen LogP contribution in [0, 0.1) is 6.92 Å². The summed E-state index contributed by atoms with van der Waals surface area (Å²) in [6, 6.07) is 0. The highest BCUT2D eigenvalue weighted by molar-refractivity contribution is 5.82. The quantitative estimate of drug-likeness (QED) is 0.604. The highest BCUT2D eigenvalue weighted by Crippen LogP contribution is 2.11. The monoisotopic (exact) mass is 165 g/mol. The van der Waals surface area contributed by atoms with E-state index in [0.29, 0.717) is 17.2 Å². The van der Waals surface area contributed by atoms with Gasteiger partial charge in [0.1, 0.15) is 11.6 Å². The third kappa shape index (κ3) is 1.58. The van der Waals surface area contributed by atoms with Crippen molar-refractivity contribution in [2.75, 3.05) is 19.0 Å². The average molecular weight is 165 g/mol. The van der Waals surface area contributed by atoms with Crippen LogP contribution in [0.5, 0.6) is 0 Å². The van der Waals surface area contributed by atoms with E-state index in [4.69, 9.17) is 0 Å². The number of anilines is 1. The maximum atomic E-state index is 10.5. The Labute approximate surface area is 71.3 Å². The van der Waals surface area contributed by atoms with Gasteiger partial charge in [-0.25, -0.2) is 9.97 Å². The van der Waals surface area contributed by atoms with Crippen molar-refractivity contribution in [3.05, 3.63) is 17.6 Å². The number of rotatable bonds is 2. The van der Waals surface area contributed by atoms with Crippen LogP contribution in [0.3, 0.4) is 0 Å². The van der Waals surface area contributed by atoms with Crippen LogP contribution in [0.25, 0.3) is 0 Å². The number of aromatic nitrogens is 2. The van der Waals surface area contributed by atoms with Crippen LogP contribution in [0.15, 0.2) is 6.20 Å². The van der Waals surface area contributed by atoms with E-state index in [1.54, 1.807) is 11.8 Å². The molecule has 1 heterocycles. The topological polar surface area (TPSA) is 46.1 Å². The van der Waals surface area contributed by atoms with Crippen molar-refractivity contribution in [3.63, 3.8) is 0 Å². The molecule has 0 saturated carbocycles. The molecule has 0 bridgehead atoms. The first-order valence-corrected chi connectivity index (χ1v) is 3.61. The zero-order chi connectivity index (χ0) is 9.14. The molecular formula is C8H11N3O. The SMILES string of the molecule is Cc1ncc(C=O)c(N(C)C)n1. The summed E-state index contributed by atoms with van der Waals surface area (Å²) >= 11 is 0. The Morgan fingerprint density at radius 1 is 1.50 bits per heavy atom. The number of nitrogens with zero attached hydrogens (tertiary/aromatic N) is 3. The highest BCUT2D eigenvalue weighted by Gasteiger charge is 2.05. The standard InChI is InChI=1S/C8H11N3O/c1-6-9-4-7(5-12)8(10-6)11(2)3/h4-5H,1-3H3. The molecule has 0 saturated heterocycles. The van der Waals surface area contributed by atoms with Gasteiger partial charge in [0.05, 0.1) is 5.56 Å². The zero-order valence-electron chi connectivity index (χ0n) is 7.40. The van der Waals surface area contributed by atoms with Gasteiger partial charge in [-0.2, -0.15) is 0 Å². The molecule has 4 nitrogen and oxygen atoms in total. The summed E-state index contributed by atoms with van der Waals surface area (Å²) in [6.07, 6.45) is 2.29. The minimum atomic E-state index is 0.519. The van der Waals surface area contributed by atoms with Gasteiger partial charge in [0.25, 0.3) is 0 Å². The average Bonchev–Trinajstić information content (AvgIpc) is 2.04. The maximum Gasteiger partial charge on any atom is 0.155 e. The van der Waals surface area contributed by atoms with Crippen molar-refractivity contribution in [1.82, 2.24) is 9.97 Å². The first-order valence-electron chi connectivity index (χ1n) is 3.61. The first kappa shape index (κ1) is 8.64. The third-order valence-corrected chi connectivity index (χ3v) is 1.47. The number of hydrogen-bond acceptors (Lipinski definition) is 4. The van der Waals surface area contributed by atoms with E-state index in [1.807, 2.05) is 14.1 Å². The summed E-state index contributed by atoms with van der Waals surface area (Å²) in [5.41, 5.74) is 0.519. The van der Waals surface area contributed by atoms with Crippen molar-refractivity contribution in [3.8, 4) is 0 Å². The Kier molecular flexibility index (Phi) is 2.38. The summed E-state index contributed by atoms with van der Waals surface area (Å²) in [5, 5.41) is 0. The molecule has 0 atom stereocenters. The second-order valence-corrected chi connectivity index (χ2v) is 2.71. The van der Waals surface area contributed by atoms with E-state index in [1.165, 1.54) is 6.20 Å². The smallest absolute Gasteiger partial charge is 0.155 e. The molecular weight excluding hydrogens is 154 g/mol. The fourth-order valence-corrected chi connectivity index (χ4v) is 0.909. The van der Waals surface area contributed by atoms with E-state index in [9.17, 15) is 4.79 Å². The number of carbonyl (C=O) groups excluding carboxylic acids is 1. The predicted molar refractivity (Wildman–Crippen MR) is 46.5 cm³/mol. The lowest BCUT2D eigenvalue weighted by Gasteiger charge is -2.12. The number of aldehydes is 1. The Balaban J connectivity index is 3.21. The molecule has 1 rings (SSSR count). The van der Waals surface area contributed by atoms with Crippen molar-refractivity contribution < 1.29 is 4.79 Å². The molecule has 0 fully saturated rings. The summed E-state index contributed by atoms with van der Waals surface area (Å²) in [5.74, 6) is 1.34. The molecule has 12 heavy (non-hydrogen) atoms. The van der Waals surface area contributed by atoms with Gasteiger partial charge < -0.3 is 4.90 Å². The van der Waals surface area contributed by atoms with E-state index < -0.39 is 0 Å². The summed E-state index contributed by atoms with van der Waals surface area (Å²) in [6.45, 7) is 1.79. The second kappa shape index (κ2) is 3.30. The number of aryl methyl sites for hydroxylation is 1. The van der Waals surface area contributed by atoms with Crippen LogP contribution in [-0.2, 0) is 0 Å². The zero-order valence-corrected chi connectivity index (χ0v) is 7.40. The molecule has 0 aliphatic rings. The van der Waals surface area contributed by atoms with Crippen LogP contribution in [0.1, 0.15) is 16.2 Å². The second-order valence-electron chi connectivity index (χ2n) is 2.71. The molecule has 0 unspecified atom stereocenters. The number of hydrogen-bond donors (Lipinski definition) is 0. The molecule has 0 aliphatic heterocycles. The van der Waals surface area contributed by atoms with Crippen LogP contribution in [0.2, 0.25) is 0 Å². The number of carbonyl (C=O) groups is 1. The van der Waals surface area contributed by atoms with Crippen molar-refractivity contribution >= 4 is 12.1 Å². The normalized spacial score (nSPS) is 9.58. The van der Waals surface area contributed by atoms with Gasteiger partial charge in [0, 0.05) is 20.3 Å². The fraction of sp³-hybridized carbons (Fsp3) is 0.375. The maximum absolute atomic E-state index is 10.5. The van der Waals surface area contributed by atoms with Crippen LogP contribution < -0.4 is 4.90 Å². The fourth-order valence-electron chi connectivity index (χ4n) is 0.909. The summed E-state index contributed by atoms with van der Waals surface area (Å²) in [4.78, 5) is 20.4. The van der Waals surface area contributed by atoms with Gasteiger partial charge in [-0.3, -0.25) is 4.79 Å². The van der Waals surface area contributed by atoms with Gasteiger partial charge in [0.15, 0.2) is 6.29 Å². The lowest BCUT2D eigenvalue weighted by molar-refractivity contribution is 0.112. The summed E-state index contributed by atoms with van der Waals surface area (Å²) in [7, 11) is 3.68. The van der Waals surface area contributed by atoms with Gasteiger partial charge in [-0.05, 0) is 6.92 Å². The van der Waals surface area contributed by atoms with E-state index >= 15 is 0 Å². The largest absolute Gasteiger partial charge is 0.362 e. The molecule has 64 valence electrons. The van der Waals surface area contributed by atoms with Crippen LogP contribution in [0.4, 0.5) is 5.82 Å². The lowest BCUT2D eigenvalue weighted by atomic mass is 10.3. The van der Waals surface area contributed by atoms with Crippen molar-refractivity contribution in [1.29, 1.82) is 0 Å². The Bertz CT molecular complexity index is 296. The molecule has 0 aliphatic carbocycles. The van der Waals surface area contributed by atoms with E-state index in [0.717, 1.165) is 6.29 Å². The Morgan fingerprint density at radius 2 is 2.17 bits per heavy atom. The van der Waals surface area contributed by atoms with Crippen molar-refractivity contribution in [2.24, 2.45) is 0 Å². The molecule has 0 amide bonds. The predicted octanol–water partition coefficient (Wildman–Crippen LogP) is 0.664. The van der Waals surface area contributed by atoms with Crippen LogP contribution >= 0.6 is 0 Å². The molecule has 0 aromatic carbocycles. The first-order chi connectivity index (χ1) is 5.65. The molecule has 0 spiro atoms. The van der Waals surface area contributed by atoms with Crippen LogP contribution in [-0.4, -0.2) is 30.3 Å². The minimum Gasteiger partial charge on any atom is -0.362 e. The Hall–Kier alpha value is -1.45. The molecule has 1 aromatic rings. The minimum absolute atomic E-state index is 0.519.